The third-order valence-electron chi connectivity index (χ3n) is 3.63. The number of oxazole rings is 1. The van der Waals surface area contributed by atoms with Crippen LogP contribution in [0.15, 0.2) is 33.9 Å². The Bertz CT molecular complexity index is 838. The number of anilines is 1. The molecule has 0 bridgehead atoms. The lowest BCUT2D eigenvalue weighted by Crippen LogP contribution is -2.38. The van der Waals surface area contributed by atoms with Crippen molar-refractivity contribution in [2.45, 2.75) is 6.92 Å². The highest BCUT2D eigenvalue weighted by molar-refractivity contribution is 6.05. The number of ether oxygens (including phenoxy) is 3. The van der Waals surface area contributed by atoms with Crippen molar-refractivity contribution in [3.05, 3.63) is 35.4 Å². The number of para-hydroxylation sites is 1. The van der Waals surface area contributed by atoms with Gasteiger partial charge >= 0.3 is 11.9 Å². The number of aryl methyl sites for hydroxylation is 1. The molecule has 24 heavy (non-hydrogen) atoms. The van der Waals surface area contributed by atoms with Gasteiger partial charge in [0.2, 0.25) is 0 Å². The minimum atomic E-state index is -0.657. The molecule has 1 aromatic heterocycles. The first-order chi connectivity index (χ1) is 11.6. The number of rotatable bonds is 3. The number of aromatic nitrogens is 1. The summed E-state index contributed by atoms with van der Waals surface area (Å²) in [6, 6.07) is 5.30. The monoisotopic (exact) mass is 332 g/mol. The lowest BCUT2D eigenvalue weighted by molar-refractivity contribution is -0.140. The first-order valence-electron chi connectivity index (χ1n) is 7.18. The minimum Gasteiger partial charge on any atom is -0.466 e. The van der Waals surface area contributed by atoms with Gasteiger partial charge in [0, 0.05) is 6.92 Å². The Hall–Kier alpha value is -2.87. The Labute approximate surface area is 137 Å². The van der Waals surface area contributed by atoms with Gasteiger partial charge in [0.1, 0.15) is 17.9 Å². The smallest absolute Gasteiger partial charge is 0.355 e. The van der Waals surface area contributed by atoms with E-state index in [-0.39, 0.29) is 24.6 Å². The molecule has 0 amide bonds. The zero-order chi connectivity index (χ0) is 17.3. The molecule has 0 radical (unpaired) electrons. The van der Waals surface area contributed by atoms with Crippen molar-refractivity contribution < 1.29 is 28.2 Å². The van der Waals surface area contributed by atoms with Gasteiger partial charge in [-0.1, -0.05) is 6.07 Å². The zero-order valence-corrected chi connectivity index (χ0v) is 13.5. The van der Waals surface area contributed by atoms with E-state index in [1.54, 1.807) is 25.1 Å². The highest BCUT2D eigenvalue weighted by atomic mass is 16.5. The fourth-order valence-corrected chi connectivity index (χ4v) is 2.60. The maximum atomic E-state index is 12.3. The Morgan fingerprint density at radius 1 is 1.21 bits per heavy atom. The highest BCUT2D eigenvalue weighted by Gasteiger charge is 2.33. The van der Waals surface area contributed by atoms with Gasteiger partial charge in [0.25, 0.3) is 0 Å². The molecule has 0 aliphatic carbocycles. The molecule has 0 fully saturated rings. The maximum Gasteiger partial charge on any atom is 0.355 e. The lowest BCUT2D eigenvalue weighted by Gasteiger charge is -2.31. The Balaban J connectivity index is 2.20. The molecule has 1 aliphatic heterocycles. The summed E-state index contributed by atoms with van der Waals surface area (Å²) in [5.41, 5.74) is 1.87. The van der Waals surface area contributed by atoms with Gasteiger partial charge in [-0.15, -0.1) is 0 Å². The molecule has 0 spiro atoms. The summed E-state index contributed by atoms with van der Waals surface area (Å²) in [6.45, 7) is 1.75. The van der Waals surface area contributed by atoms with Crippen molar-refractivity contribution in [1.82, 2.24) is 4.98 Å². The van der Waals surface area contributed by atoms with Crippen LogP contribution in [0.2, 0.25) is 0 Å². The molecule has 0 atom stereocenters. The minimum absolute atomic E-state index is 0.0403. The predicted octanol–water partition coefficient (Wildman–Crippen LogP) is 1.53. The van der Waals surface area contributed by atoms with Crippen molar-refractivity contribution >= 4 is 28.7 Å². The van der Waals surface area contributed by atoms with Crippen LogP contribution in [0.25, 0.3) is 11.1 Å². The molecule has 126 valence electrons. The van der Waals surface area contributed by atoms with E-state index < -0.39 is 11.9 Å². The number of fused-ring (bicyclic) bond motifs is 1. The summed E-state index contributed by atoms with van der Waals surface area (Å²) >= 11 is 0. The molecule has 0 N–H and O–H groups in total. The van der Waals surface area contributed by atoms with Crippen molar-refractivity contribution in [2.24, 2.45) is 0 Å². The van der Waals surface area contributed by atoms with Gasteiger partial charge in [-0.05, 0) is 12.1 Å². The molecule has 1 aliphatic rings. The number of esters is 2. The summed E-state index contributed by atoms with van der Waals surface area (Å²) in [7, 11) is 2.49. The van der Waals surface area contributed by atoms with E-state index in [0.717, 1.165) is 0 Å². The third kappa shape index (κ3) is 2.61. The number of nitrogens with zero attached hydrogens (tertiary/aromatic N) is 2. The average Bonchev–Trinajstić information content (AvgIpc) is 2.99. The second-order valence-electron chi connectivity index (χ2n) is 5.07. The summed E-state index contributed by atoms with van der Waals surface area (Å²) in [5, 5.41) is 0. The number of carbonyl (C=O) groups excluding carboxylic acids is 2. The number of benzene rings is 1. The van der Waals surface area contributed by atoms with Crippen molar-refractivity contribution in [1.29, 1.82) is 0 Å². The van der Waals surface area contributed by atoms with Gasteiger partial charge in [-0.25, -0.2) is 14.6 Å². The lowest BCUT2D eigenvalue weighted by atomic mass is 10.1. The van der Waals surface area contributed by atoms with E-state index in [4.69, 9.17) is 18.6 Å². The van der Waals surface area contributed by atoms with Crippen molar-refractivity contribution in [3.63, 3.8) is 0 Å². The molecular weight excluding hydrogens is 316 g/mol. The summed E-state index contributed by atoms with van der Waals surface area (Å²) in [5.74, 6) is -0.813. The molecule has 1 aromatic carbocycles. The molecule has 3 rings (SSSR count). The van der Waals surface area contributed by atoms with Gasteiger partial charge in [-0.3, -0.25) is 0 Å². The van der Waals surface area contributed by atoms with Crippen LogP contribution in [-0.4, -0.2) is 44.5 Å². The Morgan fingerprint density at radius 3 is 2.67 bits per heavy atom. The third-order valence-corrected chi connectivity index (χ3v) is 3.63. The second-order valence-corrected chi connectivity index (χ2v) is 5.07. The van der Waals surface area contributed by atoms with Crippen LogP contribution in [0.1, 0.15) is 5.89 Å². The fraction of sp³-hybridized carbons (Fsp3) is 0.312. The van der Waals surface area contributed by atoms with Gasteiger partial charge in [0.05, 0.1) is 32.1 Å². The first kappa shape index (κ1) is 16.0. The van der Waals surface area contributed by atoms with Crippen LogP contribution >= 0.6 is 0 Å². The average molecular weight is 332 g/mol. The Kier molecular flexibility index (Phi) is 4.22. The van der Waals surface area contributed by atoms with Crippen LogP contribution in [0.5, 0.6) is 0 Å². The summed E-state index contributed by atoms with van der Waals surface area (Å²) < 4.78 is 20.6. The first-order valence-corrected chi connectivity index (χ1v) is 7.18. The molecule has 8 heteroatoms. The topological polar surface area (TPSA) is 91.1 Å². The molecule has 0 unspecified atom stereocenters. The highest BCUT2D eigenvalue weighted by Crippen LogP contribution is 2.32. The molecule has 0 saturated carbocycles. The van der Waals surface area contributed by atoms with Crippen LogP contribution < -0.4 is 4.90 Å². The Morgan fingerprint density at radius 2 is 1.96 bits per heavy atom. The van der Waals surface area contributed by atoms with Crippen molar-refractivity contribution in [2.75, 3.05) is 32.5 Å². The number of hydrogen-bond acceptors (Lipinski definition) is 8. The zero-order valence-electron chi connectivity index (χ0n) is 13.5. The molecule has 8 nitrogen and oxygen atoms in total. The number of carbonyl (C=O) groups is 2. The van der Waals surface area contributed by atoms with E-state index >= 15 is 0 Å². The van der Waals surface area contributed by atoms with E-state index in [1.807, 2.05) is 0 Å². The number of methoxy groups -OCH3 is 2. The fourth-order valence-electron chi connectivity index (χ4n) is 2.60. The van der Waals surface area contributed by atoms with E-state index in [2.05, 4.69) is 4.98 Å². The van der Waals surface area contributed by atoms with Crippen LogP contribution in [0.4, 0.5) is 5.69 Å². The van der Waals surface area contributed by atoms with E-state index in [1.165, 1.54) is 19.1 Å². The molecular formula is C16H16N2O6. The van der Waals surface area contributed by atoms with Gasteiger partial charge < -0.3 is 23.5 Å². The second kappa shape index (κ2) is 6.32. The molecule has 2 aromatic rings. The SMILES string of the molecule is COC(=O)C1=C(C(=O)OC)N(c2cccc3oc(C)nc23)COC1. The summed E-state index contributed by atoms with van der Waals surface area (Å²) in [6.07, 6.45) is 0. The van der Waals surface area contributed by atoms with Crippen LogP contribution in [0.3, 0.4) is 0 Å². The standard InChI is InChI=1S/C16H16N2O6/c1-9-17-13-11(5-4-6-12(13)24-9)18-8-23-7-10(15(19)21-2)14(18)16(20)22-3/h4-6H,7-8H2,1-3H3. The quantitative estimate of drug-likeness (QED) is 0.782. The van der Waals surface area contributed by atoms with E-state index in [0.29, 0.717) is 22.7 Å². The maximum absolute atomic E-state index is 12.3. The van der Waals surface area contributed by atoms with Gasteiger partial charge in [-0.2, -0.15) is 0 Å². The predicted molar refractivity (Wildman–Crippen MR) is 83.1 cm³/mol. The summed E-state index contributed by atoms with van der Waals surface area (Å²) in [4.78, 5) is 30.2. The van der Waals surface area contributed by atoms with Crippen molar-refractivity contribution in [3.8, 4) is 0 Å². The number of hydrogen-bond donors (Lipinski definition) is 0. The van der Waals surface area contributed by atoms with E-state index in [9.17, 15) is 9.59 Å². The largest absolute Gasteiger partial charge is 0.466 e. The van der Waals surface area contributed by atoms with Gasteiger partial charge in [0.15, 0.2) is 11.5 Å². The van der Waals surface area contributed by atoms with Crippen LogP contribution in [-0.2, 0) is 23.8 Å². The molecule has 2 heterocycles. The normalized spacial score (nSPS) is 14.9. The van der Waals surface area contributed by atoms with Crippen LogP contribution in [0, 0.1) is 6.92 Å². The molecule has 0 saturated heterocycles.